The minimum atomic E-state index is -0.263. The number of morpholine rings is 1. The SMILES string of the molecule is CCc1ccc(CN2CCc3c(C(=O)N4CCOC(C)(C)C4)csc3C2)nc1. The van der Waals surface area contributed by atoms with E-state index >= 15 is 0 Å². The Morgan fingerprint density at radius 2 is 2.18 bits per heavy atom. The third-order valence-corrected chi connectivity index (χ3v) is 6.66. The molecule has 0 N–H and O–H groups in total. The zero-order chi connectivity index (χ0) is 19.7. The van der Waals surface area contributed by atoms with Crippen molar-refractivity contribution in [2.45, 2.75) is 52.3 Å². The summed E-state index contributed by atoms with van der Waals surface area (Å²) in [5, 5.41) is 2.06. The molecule has 0 saturated carbocycles. The minimum absolute atomic E-state index is 0.166. The summed E-state index contributed by atoms with van der Waals surface area (Å²) in [5.74, 6) is 0.166. The summed E-state index contributed by atoms with van der Waals surface area (Å²) >= 11 is 1.72. The molecule has 0 unspecified atom stereocenters. The second kappa shape index (κ2) is 7.93. The molecule has 2 aliphatic heterocycles. The first-order valence-corrected chi connectivity index (χ1v) is 11.0. The molecule has 0 spiro atoms. The van der Waals surface area contributed by atoms with E-state index in [0.717, 1.165) is 43.7 Å². The summed E-state index contributed by atoms with van der Waals surface area (Å²) < 4.78 is 5.76. The number of hydrogen-bond acceptors (Lipinski definition) is 5. The average Bonchev–Trinajstić information content (AvgIpc) is 3.10. The predicted octanol–water partition coefficient (Wildman–Crippen LogP) is 3.51. The van der Waals surface area contributed by atoms with Crippen LogP contribution in [-0.4, -0.2) is 52.5 Å². The van der Waals surface area contributed by atoms with E-state index in [4.69, 9.17) is 4.74 Å². The van der Waals surface area contributed by atoms with E-state index < -0.39 is 0 Å². The molecule has 0 aliphatic carbocycles. The number of rotatable bonds is 4. The summed E-state index contributed by atoms with van der Waals surface area (Å²) in [4.78, 5) is 23.4. The third kappa shape index (κ3) is 4.14. The number of thiophene rings is 1. The topological polar surface area (TPSA) is 45.7 Å². The predicted molar refractivity (Wildman–Crippen MR) is 112 cm³/mol. The van der Waals surface area contributed by atoms with Gasteiger partial charge in [-0.3, -0.25) is 14.7 Å². The van der Waals surface area contributed by atoms with Gasteiger partial charge < -0.3 is 9.64 Å². The number of aromatic nitrogens is 1. The third-order valence-electron chi connectivity index (χ3n) is 5.65. The summed E-state index contributed by atoms with van der Waals surface area (Å²) in [6.45, 7) is 10.9. The van der Waals surface area contributed by atoms with Crippen LogP contribution >= 0.6 is 11.3 Å². The molecule has 2 aromatic heterocycles. The summed E-state index contributed by atoms with van der Waals surface area (Å²) in [6.07, 6.45) is 3.93. The lowest BCUT2D eigenvalue weighted by molar-refractivity contribution is -0.0764. The highest BCUT2D eigenvalue weighted by atomic mass is 32.1. The van der Waals surface area contributed by atoms with Gasteiger partial charge in [-0.15, -0.1) is 11.3 Å². The Morgan fingerprint density at radius 3 is 2.89 bits per heavy atom. The Morgan fingerprint density at radius 1 is 1.32 bits per heavy atom. The summed E-state index contributed by atoms with van der Waals surface area (Å²) in [7, 11) is 0. The monoisotopic (exact) mass is 399 g/mol. The van der Waals surface area contributed by atoms with Gasteiger partial charge in [0.15, 0.2) is 0 Å². The molecule has 4 rings (SSSR count). The molecule has 0 atom stereocenters. The fourth-order valence-corrected chi connectivity index (χ4v) is 5.16. The largest absolute Gasteiger partial charge is 0.372 e. The number of carbonyl (C=O) groups excluding carboxylic acids is 1. The molecule has 5 nitrogen and oxygen atoms in total. The maximum Gasteiger partial charge on any atom is 0.255 e. The van der Waals surface area contributed by atoms with Crippen molar-refractivity contribution >= 4 is 17.2 Å². The molecule has 0 radical (unpaired) electrons. The Bertz CT molecular complexity index is 844. The molecule has 2 aliphatic rings. The van der Waals surface area contributed by atoms with E-state index in [2.05, 4.69) is 48.2 Å². The van der Waals surface area contributed by atoms with Crippen molar-refractivity contribution in [3.05, 3.63) is 51.0 Å². The van der Waals surface area contributed by atoms with Crippen LogP contribution in [0.2, 0.25) is 0 Å². The molecule has 0 bridgehead atoms. The lowest BCUT2D eigenvalue weighted by atomic mass is 10.0. The van der Waals surface area contributed by atoms with Gasteiger partial charge in [-0.05, 0) is 43.9 Å². The zero-order valence-electron chi connectivity index (χ0n) is 17.0. The quantitative estimate of drug-likeness (QED) is 0.789. The van der Waals surface area contributed by atoms with Gasteiger partial charge in [0.25, 0.3) is 5.91 Å². The van der Waals surface area contributed by atoms with Crippen molar-refractivity contribution in [1.82, 2.24) is 14.8 Å². The van der Waals surface area contributed by atoms with Crippen LogP contribution in [0, 0.1) is 0 Å². The van der Waals surface area contributed by atoms with Crippen molar-refractivity contribution in [2.75, 3.05) is 26.2 Å². The van der Waals surface area contributed by atoms with Gasteiger partial charge in [-0.25, -0.2) is 0 Å². The molecule has 4 heterocycles. The fraction of sp³-hybridized carbons (Fsp3) is 0.545. The zero-order valence-corrected chi connectivity index (χ0v) is 17.8. The fourth-order valence-electron chi connectivity index (χ4n) is 4.04. The van der Waals surface area contributed by atoms with Gasteiger partial charge in [0, 0.05) is 49.2 Å². The number of ether oxygens (including phenoxy) is 1. The van der Waals surface area contributed by atoms with Crippen LogP contribution in [0.4, 0.5) is 0 Å². The van der Waals surface area contributed by atoms with E-state index in [1.807, 2.05) is 11.1 Å². The molecule has 1 fully saturated rings. The van der Waals surface area contributed by atoms with Crippen LogP contribution < -0.4 is 0 Å². The van der Waals surface area contributed by atoms with Crippen LogP contribution in [-0.2, 0) is 30.7 Å². The van der Waals surface area contributed by atoms with Crippen molar-refractivity contribution in [1.29, 1.82) is 0 Å². The van der Waals surface area contributed by atoms with Crippen LogP contribution in [0.5, 0.6) is 0 Å². The Kier molecular flexibility index (Phi) is 5.54. The maximum atomic E-state index is 13.1. The Hall–Kier alpha value is -1.76. The molecular formula is C22H29N3O2S. The lowest BCUT2D eigenvalue weighted by Crippen LogP contribution is -2.50. The van der Waals surface area contributed by atoms with Crippen LogP contribution in [0.25, 0.3) is 0 Å². The van der Waals surface area contributed by atoms with Gasteiger partial charge in [0.2, 0.25) is 0 Å². The molecule has 1 saturated heterocycles. The van der Waals surface area contributed by atoms with Gasteiger partial charge >= 0.3 is 0 Å². The number of pyridine rings is 1. The Labute approximate surface area is 171 Å². The molecule has 150 valence electrons. The minimum Gasteiger partial charge on any atom is -0.372 e. The number of nitrogens with zero attached hydrogens (tertiary/aromatic N) is 3. The first-order chi connectivity index (χ1) is 13.4. The maximum absolute atomic E-state index is 13.1. The van der Waals surface area contributed by atoms with Crippen molar-refractivity contribution in [3.8, 4) is 0 Å². The summed E-state index contributed by atoms with van der Waals surface area (Å²) in [5.41, 5.74) is 4.29. The molecule has 2 aromatic rings. The average molecular weight is 400 g/mol. The second-order valence-electron chi connectivity index (χ2n) is 8.36. The number of fused-ring (bicyclic) bond motifs is 1. The number of hydrogen-bond donors (Lipinski definition) is 0. The smallest absolute Gasteiger partial charge is 0.255 e. The molecule has 28 heavy (non-hydrogen) atoms. The second-order valence-corrected chi connectivity index (χ2v) is 9.32. The number of carbonyl (C=O) groups is 1. The van der Waals surface area contributed by atoms with Crippen molar-refractivity contribution in [3.63, 3.8) is 0 Å². The highest BCUT2D eigenvalue weighted by molar-refractivity contribution is 7.10. The highest BCUT2D eigenvalue weighted by Crippen LogP contribution is 2.31. The van der Waals surface area contributed by atoms with Crippen LogP contribution in [0.15, 0.2) is 23.7 Å². The van der Waals surface area contributed by atoms with Crippen LogP contribution in [0.1, 0.15) is 52.8 Å². The van der Waals surface area contributed by atoms with E-state index in [1.54, 1.807) is 11.3 Å². The molecule has 1 amide bonds. The van der Waals surface area contributed by atoms with Gasteiger partial charge in [0.1, 0.15) is 0 Å². The highest BCUT2D eigenvalue weighted by Gasteiger charge is 2.33. The van der Waals surface area contributed by atoms with E-state index in [9.17, 15) is 4.79 Å². The molecular weight excluding hydrogens is 370 g/mol. The van der Waals surface area contributed by atoms with Gasteiger partial charge in [-0.2, -0.15) is 0 Å². The van der Waals surface area contributed by atoms with E-state index in [0.29, 0.717) is 19.7 Å². The Balaban J connectivity index is 1.43. The first-order valence-electron chi connectivity index (χ1n) is 10.1. The molecule has 0 aromatic carbocycles. The van der Waals surface area contributed by atoms with Crippen molar-refractivity contribution < 1.29 is 9.53 Å². The van der Waals surface area contributed by atoms with Gasteiger partial charge in [-0.1, -0.05) is 13.0 Å². The van der Waals surface area contributed by atoms with Gasteiger partial charge in [0.05, 0.1) is 23.5 Å². The first kappa shape index (κ1) is 19.6. The summed E-state index contributed by atoms with van der Waals surface area (Å²) in [6, 6.07) is 4.31. The number of aryl methyl sites for hydroxylation is 1. The van der Waals surface area contributed by atoms with E-state index in [-0.39, 0.29) is 11.5 Å². The molecule has 6 heteroatoms. The van der Waals surface area contributed by atoms with Crippen LogP contribution in [0.3, 0.4) is 0 Å². The lowest BCUT2D eigenvalue weighted by Gasteiger charge is -2.38. The standard InChI is InChI=1S/C22H29N3O2S/c1-4-16-5-6-17(23-11-16)12-24-8-7-18-19(14-28-20(18)13-24)21(26)25-9-10-27-22(2,3)15-25/h5-6,11,14H,4,7-10,12-13,15H2,1-3H3. The van der Waals surface area contributed by atoms with E-state index in [1.165, 1.54) is 16.0 Å². The number of amides is 1. The normalized spacial score (nSPS) is 19.5. The van der Waals surface area contributed by atoms with Crippen molar-refractivity contribution in [2.24, 2.45) is 0 Å².